The van der Waals surface area contributed by atoms with Crippen LogP contribution in [0.4, 0.5) is 0 Å². The molecule has 0 fully saturated rings. The van der Waals surface area contributed by atoms with Crippen LogP contribution in [0.2, 0.25) is 0 Å². The maximum atomic E-state index is 5.83. The standard InChI is InChI=1S/C13H30N2/c1-6-12(5,10-14)11-15-13(7-2,8-3)9-4/h15H,6-11,14H2,1-5H3. The molecule has 0 aliphatic heterocycles. The molecule has 92 valence electrons. The van der Waals surface area contributed by atoms with Crippen molar-refractivity contribution >= 4 is 0 Å². The van der Waals surface area contributed by atoms with E-state index < -0.39 is 0 Å². The summed E-state index contributed by atoms with van der Waals surface area (Å²) in [5, 5.41) is 3.74. The van der Waals surface area contributed by atoms with Gasteiger partial charge in [0, 0.05) is 12.1 Å². The maximum Gasteiger partial charge on any atom is 0.0173 e. The molecule has 0 aromatic rings. The lowest BCUT2D eigenvalue weighted by molar-refractivity contribution is 0.218. The van der Waals surface area contributed by atoms with E-state index in [1.165, 1.54) is 19.3 Å². The molecule has 0 rings (SSSR count). The summed E-state index contributed by atoms with van der Waals surface area (Å²) in [6, 6.07) is 0. The molecule has 0 aromatic heterocycles. The first kappa shape index (κ1) is 14.9. The maximum absolute atomic E-state index is 5.83. The van der Waals surface area contributed by atoms with Crippen LogP contribution >= 0.6 is 0 Å². The highest BCUT2D eigenvalue weighted by molar-refractivity contribution is 4.87. The third-order valence-corrected chi connectivity index (χ3v) is 4.27. The van der Waals surface area contributed by atoms with Gasteiger partial charge in [0.2, 0.25) is 0 Å². The third-order valence-electron chi connectivity index (χ3n) is 4.27. The highest BCUT2D eigenvalue weighted by atomic mass is 15.0. The summed E-state index contributed by atoms with van der Waals surface area (Å²) in [6.45, 7) is 13.1. The van der Waals surface area contributed by atoms with Crippen molar-refractivity contribution in [2.45, 2.75) is 65.8 Å². The van der Waals surface area contributed by atoms with E-state index in [0.717, 1.165) is 19.5 Å². The predicted octanol–water partition coefficient (Wildman–Crippen LogP) is 2.92. The molecular formula is C13H30N2. The van der Waals surface area contributed by atoms with Crippen molar-refractivity contribution in [1.82, 2.24) is 5.32 Å². The number of nitrogens with one attached hydrogen (secondary N) is 1. The molecule has 0 amide bonds. The van der Waals surface area contributed by atoms with Crippen LogP contribution in [-0.4, -0.2) is 18.6 Å². The van der Waals surface area contributed by atoms with Gasteiger partial charge in [-0.25, -0.2) is 0 Å². The summed E-state index contributed by atoms with van der Waals surface area (Å²) in [5.41, 5.74) is 6.41. The van der Waals surface area contributed by atoms with Gasteiger partial charge in [0.1, 0.15) is 0 Å². The van der Waals surface area contributed by atoms with E-state index in [4.69, 9.17) is 5.73 Å². The van der Waals surface area contributed by atoms with Crippen LogP contribution < -0.4 is 11.1 Å². The average Bonchev–Trinajstić information content (AvgIpc) is 2.31. The molecule has 1 unspecified atom stereocenters. The van der Waals surface area contributed by atoms with Crippen LogP contribution in [0.1, 0.15) is 60.3 Å². The number of rotatable bonds is 8. The highest BCUT2D eigenvalue weighted by Crippen LogP contribution is 2.23. The Labute approximate surface area is 96.0 Å². The predicted molar refractivity (Wildman–Crippen MR) is 69.1 cm³/mol. The summed E-state index contributed by atoms with van der Waals surface area (Å²) < 4.78 is 0. The molecule has 2 heteroatoms. The zero-order valence-corrected chi connectivity index (χ0v) is 11.3. The topological polar surface area (TPSA) is 38.0 Å². The first-order valence-electron chi connectivity index (χ1n) is 6.46. The van der Waals surface area contributed by atoms with Gasteiger partial charge in [-0.15, -0.1) is 0 Å². The molecule has 3 N–H and O–H groups in total. The van der Waals surface area contributed by atoms with Crippen molar-refractivity contribution in [3.8, 4) is 0 Å². The van der Waals surface area contributed by atoms with Crippen LogP contribution in [0.5, 0.6) is 0 Å². The second kappa shape index (κ2) is 6.49. The van der Waals surface area contributed by atoms with E-state index in [1.54, 1.807) is 0 Å². The van der Waals surface area contributed by atoms with Crippen LogP contribution in [-0.2, 0) is 0 Å². The molecule has 0 aliphatic rings. The van der Waals surface area contributed by atoms with E-state index >= 15 is 0 Å². The van der Waals surface area contributed by atoms with Crippen molar-refractivity contribution < 1.29 is 0 Å². The Kier molecular flexibility index (Phi) is 6.46. The number of hydrogen-bond donors (Lipinski definition) is 2. The minimum absolute atomic E-state index is 0.255. The van der Waals surface area contributed by atoms with E-state index in [1.807, 2.05) is 0 Å². The third kappa shape index (κ3) is 4.12. The first-order chi connectivity index (χ1) is 7.01. The number of hydrogen-bond acceptors (Lipinski definition) is 2. The lowest BCUT2D eigenvalue weighted by Gasteiger charge is -2.37. The molecule has 1 atom stereocenters. The summed E-state index contributed by atoms with van der Waals surface area (Å²) in [6.07, 6.45) is 4.74. The Morgan fingerprint density at radius 1 is 0.933 bits per heavy atom. The summed E-state index contributed by atoms with van der Waals surface area (Å²) in [4.78, 5) is 0. The first-order valence-corrected chi connectivity index (χ1v) is 6.46. The molecule has 0 aromatic carbocycles. The van der Waals surface area contributed by atoms with Crippen molar-refractivity contribution in [1.29, 1.82) is 0 Å². The van der Waals surface area contributed by atoms with E-state index in [9.17, 15) is 0 Å². The molecule has 0 saturated carbocycles. The van der Waals surface area contributed by atoms with E-state index in [-0.39, 0.29) is 5.41 Å². The quantitative estimate of drug-likeness (QED) is 0.652. The minimum atomic E-state index is 0.255. The summed E-state index contributed by atoms with van der Waals surface area (Å²) >= 11 is 0. The molecule has 2 nitrogen and oxygen atoms in total. The van der Waals surface area contributed by atoms with Crippen molar-refractivity contribution in [2.24, 2.45) is 11.1 Å². The Bertz CT molecular complexity index is 150. The Morgan fingerprint density at radius 3 is 1.67 bits per heavy atom. The van der Waals surface area contributed by atoms with E-state index in [0.29, 0.717) is 5.54 Å². The van der Waals surface area contributed by atoms with Crippen molar-refractivity contribution in [3.05, 3.63) is 0 Å². The van der Waals surface area contributed by atoms with Gasteiger partial charge in [0.25, 0.3) is 0 Å². The smallest absolute Gasteiger partial charge is 0.0173 e. The van der Waals surface area contributed by atoms with Crippen LogP contribution in [0.15, 0.2) is 0 Å². The van der Waals surface area contributed by atoms with Gasteiger partial charge in [0.05, 0.1) is 0 Å². The van der Waals surface area contributed by atoms with Gasteiger partial charge in [-0.2, -0.15) is 0 Å². The van der Waals surface area contributed by atoms with Crippen LogP contribution in [0.25, 0.3) is 0 Å². The average molecular weight is 214 g/mol. The normalized spacial score (nSPS) is 16.4. The van der Waals surface area contributed by atoms with Crippen molar-refractivity contribution in [2.75, 3.05) is 13.1 Å². The zero-order valence-electron chi connectivity index (χ0n) is 11.3. The largest absolute Gasteiger partial charge is 0.330 e. The van der Waals surface area contributed by atoms with Gasteiger partial charge >= 0.3 is 0 Å². The highest BCUT2D eigenvalue weighted by Gasteiger charge is 2.27. The number of nitrogens with two attached hydrogens (primary N) is 1. The molecule has 0 spiro atoms. The SMILES string of the molecule is CCC(C)(CN)CNC(CC)(CC)CC. The Balaban J connectivity index is 4.32. The van der Waals surface area contributed by atoms with E-state index in [2.05, 4.69) is 39.9 Å². The van der Waals surface area contributed by atoms with Crippen LogP contribution in [0, 0.1) is 5.41 Å². The molecule has 0 radical (unpaired) electrons. The van der Waals surface area contributed by atoms with Gasteiger partial charge in [0.15, 0.2) is 0 Å². The van der Waals surface area contributed by atoms with Gasteiger partial charge in [-0.1, -0.05) is 34.6 Å². The minimum Gasteiger partial charge on any atom is -0.330 e. The molecular weight excluding hydrogens is 184 g/mol. The van der Waals surface area contributed by atoms with Crippen LogP contribution in [0.3, 0.4) is 0 Å². The zero-order chi connectivity index (χ0) is 11.9. The summed E-state index contributed by atoms with van der Waals surface area (Å²) in [7, 11) is 0. The van der Waals surface area contributed by atoms with Gasteiger partial charge in [-0.3, -0.25) is 0 Å². The fraction of sp³-hybridized carbons (Fsp3) is 1.00. The molecule has 0 aliphatic carbocycles. The molecule has 15 heavy (non-hydrogen) atoms. The van der Waals surface area contributed by atoms with Crippen molar-refractivity contribution in [3.63, 3.8) is 0 Å². The monoisotopic (exact) mass is 214 g/mol. The second-order valence-electron chi connectivity index (χ2n) is 5.06. The fourth-order valence-electron chi connectivity index (χ4n) is 1.87. The molecule has 0 bridgehead atoms. The lowest BCUT2D eigenvalue weighted by Crippen LogP contribution is -2.49. The van der Waals surface area contributed by atoms with Gasteiger partial charge in [-0.05, 0) is 37.6 Å². The second-order valence-corrected chi connectivity index (χ2v) is 5.06. The Hall–Kier alpha value is -0.0800. The summed E-state index contributed by atoms with van der Waals surface area (Å²) in [5.74, 6) is 0. The Morgan fingerprint density at radius 2 is 1.40 bits per heavy atom. The van der Waals surface area contributed by atoms with Gasteiger partial charge < -0.3 is 11.1 Å². The lowest BCUT2D eigenvalue weighted by atomic mass is 9.84. The molecule has 0 heterocycles. The fourth-order valence-corrected chi connectivity index (χ4v) is 1.87. The molecule has 0 saturated heterocycles.